The number of piperidine rings is 1. The van der Waals surface area contributed by atoms with Gasteiger partial charge in [0, 0.05) is 30.3 Å². The summed E-state index contributed by atoms with van der Waals surface area (Å²) in [6.07, 6.45) is 10.2. The molecule has 3 atom stereocenters. The molecule has 2 aliphatic carbocycles. The van der Waals surface area contributed by atoms with E-state index in [9.17, 15) is 4.79 Å². The molecule has 5 nitrogen and oxygen atoms in total. The van der Waals surface area contributed by atoms with E-state index in [4.69, 9.17) is 4.74 Å². The van der Waals surface area contributed by atoms with E-state index in [1.54, 1.807) is 0 Å². The monoisotopic (exact) mass is 401 g/mol. The van der Waals surface area contributed by atoms with E-state index in [2.05, 4.69) is 48.9 Å². The molecule has 1 aromatic rings. The molecule has 0 bridgehead atoms. The number of hydrogen-bond donors (Lipinski definition) is 1. The molecule has 2 heterocycles. The van der Waals surface area contributed by atoms with Gasteiger partial charge >= 0.3 is 0 Å². The second-order valence-electron chi connectivity index (χ2n) is 10.7. The Morgan fingerprint density at radius 1 is 1.28 bits per heavy atom. The van der Waals surface area contributed by atoms with Crippen LogP contribution >= 0.6 is 0 Å². The van der Waals surface area contributed by atoms with Crippen molar-refractivity contribution in [2.45, 2.75) is 90.7 Å². The largest absolute Gasteiger partial charge is 0.376 e. The lowest BCUT2D eigenvalue weighted by Gasteiger charge is -2.42. The standard InChI is InChI=1S/C24H39N3O2/c1-16(2)17-7-9-18(10-8-17)29-15-22-19(21-11-12-25-26-21)6-5-13-27(22)23(28)20-14-24(20,3)4/h11-12,16-20,22H,5-10,13-15H2,1-4H3,(H,25,26)/t17?,18?,19-,20?,22+/m1/s1. The van der Waals surface area contributed by atoms with Gasteiger partial charge in [-0.25, -0.2) is 0 Å². The Morgan fingerprint density at radius 2 is 2.00 bits per heavy atom. The molecule has 1 N–H and O–H groups in total. The predicted octanol–water partition coefficient (Wildman–Crippen LogP) is 4.76. The molecular formula is C24H39N3O2. The van der Waals surface area contributed by atoms with Crippen LogP contribution in [-0.4, -0.2) is 46.3 Å². The summed E-state index contributed by atoms with van der Waals surface area (Å²) in [7, 11) is 0. The summed E-state index contributed by atoms with van der Waals surface area (Å²) < 4.78 is 6.48. The Hall–Kier alpha value is -1.36. The number of ether oxygens (including phenoxy) is 1. The van der Waals surface area contributed by atoms with Gasteiger partial charge in [0.2, 0.25) is 5.91 Å². The number of amides is 1. The van der Waals surface area contributed by atoms with Gasteiger partial charge < -0.3 is 9.64 Å². The molecule has 29 heavy (non-hydrogen) atoms. The van der Waals surface area contributed by atoms with Crippen LogP contribution in [0.4, 0.5) is 0 Å². The zero-order chi connectivity index (χ0) is 20.6. The number of aromatic amines is 1. The van der Waals surface area contributed by atoms with Gasteiger partial charge in [0.1, 0.15) is 0 Å². The van der Waals surface area contributed by atoms with Crippen LogP contribution < -0.4 is 0 Å². The minimum Gasteiger partial charge on any atom is -0.376 e. The first-order chi connectivity index (χ1) is 13.9. The van der Waals surface area contributed by atoms with Crippen LogP contribution in [0.25, 0.3) is 0 Å². The van der Waals surface area contributed by atoms with Crippen LogP contribution in [0.2, 0.25) is 0 Å². The van der Waals surface area contributed by atoms with E-state index in [0.29, 0.717) is 24.5 Å². The molecule has 1 aliphatic heterocycles. The Morgan fingerprint density at radius 3 is 2.59 bits per heavy atom. The minimum atomic E-state index is 0.121. The second kappa shape index (κ2) is 8.41. The average molecular weight is 402 g/mol. The molecule has 2 saturated carbocycles. The molecule has 3 fully saturated rings. The van der Waals surface area contributed by atoms with Crippen LogP contribution in [-0.2, 0) is 9.53 Å². The molecule has 0 aromatic carbocycles. The highest BCUT2D eigenvalue weighted by Gasteiger charge is 2.53. The first-order valence-electron chi connectivity index (χ1n) is 11.8. The van der Waals surface area contributed by atoms with Crippen LogP contribution in [0.3, 0.4) is 0 Å². The van der Waals surface area contributed by atoms with Crippen LogP contribution in [0.5, 0.6) is 0 Å². The third-order valence-corrected chi connectivity index (χ3v) is 7.96. The highest BCUT2D eigenvalue weighted by atomic mass is 16.5. The maximum atomic E-state index is 13.3. The lowest BCUT2D eigenvalue weighted by molar-refractivity contribution is -0.140. The van der Waals surface area contributed by atoms with Crippen molar-refractivity contribution in [3.8, 4) is 0 Å². The molecule has 0 spiro atoms. The quantitative estimate of drug-likeness (QED) is 0.747. The van der Waals surface area contributed by atoms with Gasteiger partial charge in [-0.15, -0.1) is 0 Å². The van der Waals surface area contributed by atoms with Crippen LogP contribution in [0.1, 0.15) is 84.3 Å². The van der Waals surface area contributed by atoms with Crippen LogP contribution in [0.15, 0.2) is 12.3 Å². The smallest absolute Gasteiger partial charge is 0.226 e. The minimum absolute atomic E-state index is 0.121. The number of hydrogen-bond acceptors (Lipinski definition) is 3. The Labute approximate surface area is 176 Å². The summed E-state index contributed by atoms with van der Waals surface area (Å²) in [4.78, 5) is 15.5. The molecule has 4 rings (SSSR count). The molecule has 1 saturated heterocycles. The fourth-order valence-corrected chi connectivity index (χ4v) is 5.62. The summed E-state index contributed by atoms with van der Waals surface area (Å²) in [5.74, 6) is 2.44. The summed E-state index contributed by atoms with van der Waals surface area (Å²) in [5, 5.41) is 7.35. The Balaban J connectivity index is 1.43. The van der Waals surface area contributed by atoms with Crippen molar-refractivity contribution in [1.29, 1.82) is 0 Å². The molecule has 1 amide bonds. The van der Waals surface area contributed by atoms with Gasteiger partial charge in [-0.3, -0.25) is 9.89 Å². The molecule has 0 radical (unpaired) electrons. The predicted molar refractivity (Wildman–Crippen MR) is 114 cm³/mol. The summed E-state index contributed by atoms with van der Waals surface area (Å²) >= 11 is 0. The van der Waals surface area contributed by atoms with E-state index >= 15 is 0 Å². The lowest BCUT2D eigenvalue weighted by atomic mass is 9.80. The van der Waals surface area contributed by atoms with Crippen molar-refractivity contribution in [2.75, 3.05) is 13.2 Å². The van der Waals surface area contributed by atoms with Crippen molar-refractivity contribution < 1.29 is 9.53 Å². The van der Waals surface area contributed by atoms with E-state index in [-0.39, 0.29) is 17.4 Å². The SMILES string of the molecule is CC(C)C1CCC(OC[C@H]2[C@@H](c3ccn[nH]3)CCCN2C(=O)C2CC2(C)C)CC1. The maximum Gasteiger partial charge on any atom is 0.226 e. The van der Waals surface area contributed by atoms with Gasteiger partial charge in [0.05, 0.1) is 18.8 Å². The van der Waals surface area contributed by atoms with Crippen molar-refractivity contribution in [1.82, 2.24) is 15.1 Å². The molecular weight excluding hydrogens is 362 g/mol. The van der Waals surface area contributed by atoms with Gasteiger partial charge in [-0.2, -0.15) is 5.10 Å². The summed E-state index contributed by atoms with van der Waals surface area (Å²) in [6.45, 7) is 10.6. The number of carbonyl (C=O) groups excluding carboxylic acids is 1. The average Bonchev–Trinajstić information content (AvgIpc) is 3.08. The van der Waals surface area contributed by atoms with Crippen molar-refractivity contribution in [2.24, 2.45) is 23.2 Å². The molecule has 1 unspecified atom stereocenters. The molecule has 162 valence electrons. The van der Waals surface area contributed by atoms with E-state index < -0.39 is 0 Å². The molecule has 3 aliphatic rings. The zero-order valence-electron chi connectivity index (χ0n) is 18.7. The van der Waals surface area contributed by atoms with Gasteiger partial charge in [0.25, 0.3) is 0 Å². The van der Waals surface area contributed by atoms with Crippen LogP contribution in [0, 0.1) is 23.2 Å². The molecule has 5 heteroatoms. The van der Waals surface area contributed by atoms with E-state index in [1.807, 2.05) is 6.20 Å². The van der Waals surface area contributed by atoms with E-state index in [1.165, 1.54) is 12.8 Å². The number of likely N-dealkylation sites (tertiary alicyclic amines) is 1. The maximum absolute atomic E-state index is 13.3. The van der Waals surface area contributed by atoms with Gasteiger partial charge in [-0.05, 0) is 68.3 Å². The van der Waals surface area contributed by atoms with Gasteiger partial charge in [-0.1, -0.05) is 27.7 Å². The lowest BCUT2D eigenvalue weighted by Crippen LogP contribution is -2.51. The second-order valence-corrected chi connectivity index (χ2v) is 10.7. The van der Waals surface area contributed by atoms with Crippen molar-refractivity contribution >= 4 is 5.91 Å². The third kappa shape index (κ3) is 4.55. The highest BCUT2D eigenvalue weighted by molar-refractivity contribution is 5.83. The number of carbonyl (C=O) groups is 1. The number of rotatable bonds is 6. The van der Waals surface area contributed by atoms with E-state index in [0.717, 1.165) is 56.2 Å². The number of nitrogens with zero attached hydrogens (tertiary/aromatic N) is 2. The Bertz CT molecular complexity index is 676. The normalized spacial score (nSPS) is 34.4. The Kier molecular flexibility index (Phi) is 6.06. The summed E-state index contributed by atoms with van der Waals surface area (Å²) in [6, 6.07) is 2.19. The topological polar surface area (TPSA) is 58.2 Å². The first kappa shape index (κ1) is 20.9. The third-order valence-electron chi connectivity index (χ3n) is 7.96. The summed E-state index contributed by atoms with van der Waals surface area (Å²) in [5.41, 5.74) is 1.31. The number of nitrogens with one attached hydrogen (secondary N) is 1. The van der Waals surface area contributed by atoms with Crippen molar-refractivity contribution in [3.05, 3.63) is 18.0 Å². The molecule has 1 aromatic heterocycles. The fourth-order valence-electron chi connectivity index (χ4n) is 5.62. The highest BCUT2D eigenvalue weighted by Crippen LogP contribution is 2.53. The zero-order valence-corrected chi connectivity index (χ0v) is 18.7. The number of H-pyrrole nitrogens is 1. The van der Waals surface area contributed by atoms with Gasteiger partial charge in [0.15, 0.2) is 0 Å². The van der Waals surface area contributed by atoms with Crippen molar-refractivity contribution in [3.63, 3.8) is 0 Å². The number of aromatic nitrogens is 2. The fraction of sp³-hybridized carbons (Fsp3) is 0.833. The first-order valence-corrected chi connectivity index (χ1v) is 11.8.